The van der Waals surface area contributed by atoms with E-state index in [0.29, 0.717) is 6.07 Å². The molecule has 0 atom stereocenters. The molecule has 2 aromatic rings. The Hall–Kier alpha value is -2.55. The monoisotopic (exact) mass is 333 g/mol. The van der Waals surface area contributed by atoms with Crippen molar-refractivity contribution in [2.45, 2.75) is 6.18 Å². The second-order valence-corrected chi connectivity index (χ2v) is 4.46. The first kappa shape index (κ1) is 15.8. The van der Waals surface area contributed by atoms with Gasteiger partial charge in [-0.25, -0.2) is 0 Å². The van der Waals surface area contributed by atoms with Crippen molar-refractivity contribution in [3.8, 4) is 11.6 Å². The summed E-state index contributed by atoms with van der Waals surface area (Å²) in [5.74, 6) is -0.606. The molecule has 116 valence electrons. The zero-order valence-electron chi connectivity index (χ0n) is 10.6. The van der Waals surface area contributed by atoms with Crippen LogP contribution in [0.1, 0.15) is 5.56 Å². The molecule has 10 heteroatoms. The molecule has 0 radical (unpaired) electrons. The van der Waals surface area contributed by atoms with Crippen molar-refractivity contribution in [3.63, 3.8) is 0 Å². The topological polar surface area (TPSA) is 91.3 Å². The van der Waals surface area contributed by atoms with Gasteiger partial charge in [-0.1, -0.05) is 11.6 Å². The molecule has 2 rings (SSSR count). The van der Waals surface area contributed by atoms with Crippen molar-refractivity contribution in [1.29, 1.82) is 0 Å². The Morgan fingerprint density at radius 1 is 1.27 bits per heavy atom. The highest BCUT2D eigenvalue weighted by Gasteiger charge is 2.31. The number of nitrogen functional groups attached to an aromatic ring is 1. The Labute approximate surface area is 126 Å². The van der Waals surface area contributed by atoms with Crippen molar-refractivity contribution < 1.29 is 22.8 Å². The second-order valence-electron chi connectivity index (χ2n) is 4.06. The number of ether oxygens (including phenoxy) is 1. The summed E-state index contributed by atoms with van der Waals surface area (Å²) in [5.41, 5.74) is 4.04. The lowest BCUT2D eigenvalue weighted by molar-refractivity contribution is -0.384. The molecule has 0 saturated carbocycles. The van der Waals surface area contributed by atoms with Crippen molar-refractivity contribution in [3.05, 3.63) is 51.0 Å². The molecule has 2 N–H and O–H groups in total. The number of anilines is 1. The first-order chi connectivity index (χ1) is 10.2. The van der Waals surface area contributed by atoms with Gasteiger partial charge in [0.1, 0.15) is 5.75 Å². The average molecular weight is 334 g/mol. The van der Waals surface area contributed by atoms with Gasteiger partial charge in [0.25, 0.3) is 0 Å². The molecule has 0 saturated heterocycles. The minimum absolute atomic E-state index is 0.0876. The molecule has 1 heterocycles. The van der Waals surface area contributed by atoms with Crippen LogP contribution in [0, 0.1) is 10.1 Å². The smallest absolute Gasteiger partial charge is 0.416 e. The highest BCUT2D eigenvalue weighted by atomic mass is 35.5. The molecule has 1 aromatic carbocycles. The van der Waals surface area contributed by atoms with E-state index < -0.39 is 22.4 Å². The van der Waals surface area contributed by atoms with Crippen molar-refractivity contribution in [2.24, 2.45) is 0 Å². The Kier molecular flexibility index (Phi) is 4.09. The third-order valence-corrected chi connectivity index (χ3v) is 2.84. The number of nitrogens with two attached hydrogens (primary N) is 1. The summed E-state index contributed by atoms with van der Waals surface area (Å²) in [6.07, 6.45) is -4.53. The molecule has 22 heavy (non-hydrogen) atoms. The summed E-state index contributed by atoms with van der Waals surface area (Å²) in [5, 5.41) is 10.3. The molecule has 0 aliphatic carbocycles. The van der Waals surface area contributed by atoms with Gasteiger partial charge in [0, 0.05) is 12.1 Å². The fourth-order valence-corrected chi connectivity index (χ4v) is 1.75. The third kappa shape index (κ3) is 3.37. The zero-order chi connectivity index (χ0) is 16.5. The molecule has 1 aromatic heterocycles. The Morgan fingerprint density at radius 3 is 2.45 bits per heavy atom. The molecule has 0 unspecified atom stereocenters. The number of benzene rings is 1. The average Bonchev–Trinajstić information content (AvgIpc) is 2.39. The number of pyridine rings is 1. The van der Waals surface area contributed by atoms with Crippen LogP contribution in [0.15, 0.2) is 30.3 Å². The van der Waals surface area contributed by atoms with E-state index in [2.05, 4.69) is 4.98 Å². The van der Waals surface area contributed by atoms with Gasteiger partial charge in [-0.3, -0.25) is 10.1 Å². The number of aromatic nitrogens is 1. The Morgan fingerprint density at radius 2 is 1.95 bits per heavy atom. The largest absolute Gasteiger partial charge is 0.437 e. The molecule has 0 aliphatic heterocycles. The van der Waals surface area contributed by atoms with Gasteiger partial charge in [-0.05, 0) is 18.2 Å². The van der Waals surface area contributed by atoms with Gasteiger partial charge in [-0.2, -0.15) is 18.2 Å². The van der Waals surface area contributed by atoms with Gasteiger partial charge in [0.15, 0.2) is 0 Å². The van der Waals surface area contributed by atoms with Crippen LogP contribution in [0.5, 0.6) is 11.6 Å². The first-order valence-corrected chi connectivity index (χ1v) is 6.02. The van der Waals surface area contributed by atoms with Crippen LogP contribution in [-0.2, 0) is 6.18 Å². The lowest BCUT2D eigenvalue weighted by atomic mass is 10.2. The van der Waals surface area contributed by atoms with Gasteiger partial charge < -0.3 is 10.5 Å². The predicted octanol–water partition coefficient (Wildman–Crippen LogP) is 4.04. The summed E-state index contributed by atoms with van der Waals surface area (Å²) in [4.78, 5) is 13.5. The van der Waals surface area contributed by atoms with Crippen LogP contribution in [0.4, 0.5) is 24.7 Å². The number of hydrogen-bond acceptors (Lipinski definition) is 5. The predicted molar refractivity (Wildman–Crippen MR) is 71.8 cm³/mol. The van der Waals surface area contributed by atoms with Gasteiger partial charge in [0.2, 0.25) is 11.7 Å². The quantitative estimate of drug-likeness (QED) is 0.676. The van der Waals surface area contributed by atoms with Crippen LogP contribution >= 0.6 is 11.6 Å². The highest BCUT2D eigenvalue weighted by Crippen LogP contribution is 2.36. The lowest BCUT2D eigenvalue weighted by Crippen LogP contribution is -2.04. The summed E-state index contributed by atoms with van der Waals surface area (Å²) < 4.78 is 42.7. The molecule has 0 spiro atoms. The number of halogens is 4. The summed E-state index contributed by atoms with van der Waals surface area (Å²) >= 11 is 5.71. The van der Waals surface area contributed by atoms with E-state index in [1.165, 1.54) is 0 Å². The maximum Gasteiger partial charge on any atom is 0.416 e. The SMILES string of the molecule is Nc1nc(Oc2ccc(C(F)(F)F)cc2Cl)ccc1[N+](=O)[O-]. The van der Waals surface area contributed by atoms with Crippen LogP contribution in [0.25, 0.3) is 0 Å². The lowest BCUT2D eigenvalue weighted by Gasteiger charge is -2.10. The van der Waals surface area contributed by atoms with Gasteiger partial charge >= 0.3 is 11.9 Å². The third-order valence-electron chi connectivity index (χ3n) is 2.55. The van der Waals surface area contributed by atoms with E-state index in [-0.39, 0.29) is 22.5 Å². The minimum atomic E-state index is -4.53. The fraction of sp³-hybridized carbons (Fsp3) is 0.0833. The molecule has 6 nitrogen and oxygen atoms in total. The molecule has 0 bridgehead atoms. The van der Waals surface area contributed by atoms with E-state index in [0.717, 1.165) is 24.3 Å². The standard InChI is InChI=1S/C12H7ClF3N3O3/c13-7-5-6(12(14,15)16)1-3-9(7)22-10-4-2-8(19(20)21)11(17)18-10/h1-5H,(H2,17,18). The van der Waals surface area contributed by atoms with Gasteiger partial charge in [-0.15, -0.1) is 0 Å². The van der Waals surface area contributed by atoms with E-state index >= 15 is 0 Å². The van der Waals surface area contributed by atoms with E-state index in [1.54, 1.807) is 0 Å². The Balaban J connectivity index is 2.28. The molecule has 0 aliphatic rings. The van der Waals surface area contributed by atoms with E-state index in [1.807, 2.05) is 0 Å². The normalized spacial score (nSPS) is 11.3. The summed E-state index contributed by atoms with van der Waals surface area (Å²) in [6, 6.07) is 4.73. The van der Waals surface area contributed by atoms with Crippen molar-refractivity contribution in [1.82, 2.24) is 4.98 Å². The van der Waals surface area contributed by atoms with E-state index in [4.69, 9.17) is 22.1 Å². The highest BCUT2D eigenvalue weighted by molar-refractivity contribution is 6.32. The summed E-state index contributed by atoms with van der Waals surface area (Å²) in [7, 11) is 0. The maximum absolute atomic E-state index is 12.5. The molecule has 0 amide bonds. The number of hydrogen-bond donors (Lipinski definition) is 1. The summed E-state index contributed by atoms with van der Waals surface area (Å²) in [6.45, 7) is 0. The number of alkyl halides is 3. The second kappa shape index (κ2) is 5.68. The zero-order valence-corrected chi connectivity index (χ0v) is 11.4. The molecule has 0 fully saturated rings. The van der Waals surface area contributed by atoms with Crippen LogP contribution in [0.2, 0.25) is 5.02 Å². The number of rotatable bonds is 3. The minimum Gasteiger partial charge on any atom is -0.437 e. The van der Waals surface area contributed by atoms with Crippen molar-refractivity contribution in [2.75, 3.05) is 5.73 Å². The Bertz CT molecular complexity index is 737. The number of nitrogens with zero attached hydrogens (tertiary/aromatic N) is 2. The van der Waals surface area contributed by atoms with Crippen LogP contribution in [-0.4, -0.2) is 9.91 Å². The molecular formula is C12H7ClF3N3O3. The molecular weight excluding hydrogens is 327 g/mol. The van der Waals surface area contributed by atoms with Crippen LogP contribution < -0.4 is 10.5 Å². The maximum atomic E-state index is 12.5. The van der Waals surface area contributed by atoms with Crippen molar-refractivity contribution >= 4 is 23.1 Å². The van der Waals surface area contributed by atoms with Gasteiger partial charge in [0.05, 0.1) is 15.5 Å². The fourth-order valence-electron chi connectivity index (χ4n) is 1.53. The van der Waals surface area contributed by atoms with E-state index in [9.17, 15) is 23.3 Å². The first-order valence-electron chi connectivity index (χ1n) is 5.64. The number of nitro groups is 1. The van der Waals surface area contributed by atoms with Crippen LogP contribution in [0.3, 0.4) is 0 Å².